The van der Waals surface area contributed by atoms with Crippen molar-refractivity contribution < 1.29 is 18.1 Å². The van der Waals surface area contributed by atoms with Crippen LogP contribution >= 0.6 is 0 Å². The Morgan fingerprint density at radius 2 is 1.93 bits per heavy atom. The van der Waals surface area contributed by atoms with Crippen LogP contribution in [0.4, 0.5) is 20.4 Å². The van der Waals surface area contributed by atoms with Crippen LogP contribution in [0, 0.1) is 18.6 Å². The Hall–Kier alpha value is -3.94. The Bertz CT molecular complexity index is 1230. The molecule has 2 aromatic carbocycles. The van der Waals surface area contributed by atoms with Crippen molar-refractivity contribution in [2.75, 3.05) is 4.90 Å². The minimum absolute atomic E-state index is 0.0729. The lowest BCUT2D eigenvalue weighted by Crippen LogP contribution is -2.23. The van der Waals surface area contributed by atoms with Crippen LogP contribution in [0.3, 0.4) is 0 Å². The van der Waals surface area contributed by atoms with E-state index in [9.17, 15) is 13.6 Å². The number of rotatable bonds is 4. The smallest absolute Gasteiger partial charge is 0.248 e. The van der Waals surface area contributed by atoms with Crippen molar-refractivity contribution >= 4 is 17.5 Å². The van der Waals surface area contributed by atoms with Crippen LogP contribution in [0.1, 0.15) is 12.5 Å². The van der Waals surface area contributed by atoms with E-state index in [1.54, 1.807) is 37.4 Å². The van der Waals surface area contributed by atoms with Gasteiger partial charge in [-0.15, -0.1) is 0 Å². The fourth-order valence-corrected chi connectivity index (χ4v) is 3.15. The standard InChI is InChI=1S/C22H16F2N4O2/c1-13-10-15(6-7-18(13)24)21-20(19-8-9-25-12-26-19)22(30-27-21)28(14(2)29)17-5-3-4-16(23)11-17/h3-12H,1-2H3. The average molecular weight is 406 g/mol. The Morgan fingerprint density at radius 1 is 1.10 bits per heavy atom. The van der Waals surface area contributed by atoms with Gasteiger partial charge in [0.25, 0.3) is 0 Å². The molecule has 0 bridgehead atoms. The number of carbonyl (C=O) groups is 1. The van der Waals surface area contributed by atoms with Crippen molar-refractivity contribution in [2.45, 2.75) is 13.8 Å². The lowest BCUT2D eigenvalue weighted by atomic mass is 10.0. The van der Waals surface area contributed by atoms with Crippen LogP contribution in [-0.4, -0.2) is 21.0 Å². The number of hydrogen-bond donors (Lipinski definition) is 0. The minimum atomic E-state index is -0.503. The second kappa shape index (κ2) is 7.82. The van der Waals surface area contributed by atoms with E-state index < -0.39 is 11.7 Å². The van der Waals surface area contributed by atoms with Gasteiger partial charge in [0.15, 0.2) is 0 Å². The van der Waals surface area contributed by atoms with Gasteiger partial charge in [0.1, 0.15) is 23.7 Å². The normalized spacial score (nSPS) is 10.8. The van der Waals surface area contributed by atoms with Gasteiger partial charge in [-0.2, -0.15) is 0 Å². The number of anilines is 2. The van der Waals surface area contributed by atoms with Gasteiger partial charge < -0.3 is 4.52 Å². The highest BCUT2D eigenvalue weighted by Gasteiger charge is 2.28. The molecule has 150 valence electrons. The zero-order chi connectivity index (χ0) is 21.3. The number of amides is 1. The van der Waals surface area contributed by atoms with Crippen molar-refractivity contribution in [1.82, 2.24) is 15.1 Å². The summed E-state index contributed by atoms with van der Waals surface area (Å²) in [5.41, 5.74) is 2.51. The average Bonchev–Trinajstić information content (AvgIpc) is 3.15. The largest absolute Gasteiger partial charge is 0.336 e. The number of hydrogen-bond acceptors (Lipinski definition) is 5. The number of aryl methyl sites for hydroxylation is 1. The number of halogens is 2. The molecule has 1 amide bonds. The van der Waals surface area contributed by atoms with Crippen molar-refractivity contribution in [3.63, 3.8) is 0 Å². The molecule has 6 nitrogen and oxygen atoms in total. The Balaban J connectivity index is 1.97. The van der Waals surface area contributed by atoms with E-state index in [4.69, 9.17) is 4.52 Å². The molecular weight excluding hydrogens is 390 g/mol. The number of aromatic nitrogens is 3. The quantitative estimate of drug-likeness (QED) is 0.473. The lowest BCUT2D eigenvalue weighted by molar-refractivity contribution is -0.116. The SMILES string of the molecule is CC(=O)N(c1cccc(F)c1)c1onc(-c2ccc(F)c(C)c2)c1-c1ccncn1. The van der Waals surface area contributed by atoms with E-state index in [0.29, 0.717) is 28.1 Å². The van der Waals surface area contributed by atoms with Gasteiger partial charge in [-0.3, -0.25) is 4.79 Å². The van der Waals surface area contributed by atoms with E-state index in [1.807, 2.05) is 0 Å². The van der Waals surface area contributed by atoms with Gasteiger partial charge in [-0.05, 0) is 55.0 Å². The Labute approximate surface area is 170 Å². The molecule has 2 aromatic heterocycles. The molecule has 0 N–H and O–H groups in total. The van der Waals surface area contributed by atoms with Crippen LogP contribution in [0.15, 0.2) is 65.6 Å². The van der Waals surface area contributed by atoms with E-state index in [-0.39, 0.29) is 17.4 Å². The monoisotopic (exact) mass is 406 g/mol. The highest BCUT2D eigenvalue weighted by Crippen LogP contribution is 2.41. The molecule has 0 radical (unpaired) electrons. The molecule has 8 heteroatoms. The van der Waals surface area contributed by atoms with Crippen molar-refractivity contribution in [3.05, 3.63) is 78.3 Å². The predicted octanol–water partition coefficient (Wildman–Crippen LogP) is 5.07. The fourth-order valence-electron chi connectivity index (χ4n) is 3.15. The number of benzene rings is 2. The molecule has 0 unspecified atom stereocenters. The van der Waals surface area contributed by atoms with Gasteiger partial charge in [0, 0.05) is 18.7 Å². The van der Waals surface area contributed by atoms with Crippen LogP contribution in [0.2, 0.25) is 0 Å². The van der Waals surface area contributed by atoms with Crippen LogP contribution < -0.4 is 4.90 Å². The molecule has 0 fully saturated rings. The van der Waals surface area contributed by atoms with E-state index in [1.165, 1.54) is 42.4 Å². The number of carbonyl (C=O) groups excluding carboxylic acids is 1. The lowest BCUT2D eigenvalue weighted by Gasteiger charge is -2.19. The molecule has 4 aromatic rings. The first-order valence-electron chi connectivity index (χ1n) is 9.04. The first kappa shape index (κ1) is 19.4. The fraction of sp³-hybridized carbons (Fsp3) is 0.0909. The van der Waals surface area contributed by atoms with Crippen molar-refractivity contribution in [3.8, 4) is 22.5 Å². The molecule has 0 atom stereocenters. The summed E-state index contributed by atoms with van der Waals surface area (Å²) in [6.45, 7) is 2.97. The highest BCUT2D eigenvalue weighted by molar-refractivity contribution is 6.02. The summed E-state index contributed by atoms with van der Waals surface area (Å²) in [6, 6.07) is 11.7. The number of nitrogens with zero attached hydrogens (tertiary/aromatic N) is 4. The van der Waals surface area contributed by atoms with Crippen molar-refractivity contribution in [1.29, 1.82) is 0 Å². The molecule has 0 aliphatic rings. The summed E-state index contributed by atoms with van der Waals surface area (Å²) in [5, 5.41) is 4.14. The maximum atomic E-state index is 13.8. The summed E-state index contributed by atoms with van der Waals surface area (Å²) in [5.74, 6) is -1.19. The highest BCUT2D eigenvalue weighted by atomic mass is 19.1. The molecule has 0 saturated heterocycles. The summed E-state index contributed by atoms with van der Waals surface area (Å²) in [4.78, 5) is 21.9. The maximum Gasteiger partial charge on any atom is 0.248 e. The van der Waals surface area contributed by atoms with Crippen LogP contribution in [-0.2, 0) is 4.79 Å². The third kappa shape index (κ3) is 3.55. The molecule has 0 aliphatic heterocycles. The van der Waals surface area contributed by atoms with Crippen LogP contribution in [0.25, 0.3) is 22.5 Å². The summed E-state index contributed by atoms with van der Waals surface area (Å²) >= 11 is 0. The topological polar surface area (TPSA) is 72.1 Å². The first-order chi connectivity index (χ1) is 14.5. The zero-order valence-electron chi connectivity index (χ0n) is 16.1. The van der Waals surface area contributed by atoms with E-state index in [2.05, 4.69) is 15.1 Å². The molecule has 0 aliphatic carbocycles. The predicted molar refractivity (Wildman–Crippen MR) is 107 cm³/mol. The second-order valence-electron chi connectivity index (χ2n) is 6.60. The summed E-state index contributed by atoms with van der Waals surface area (Å²) in [7, 11) is 0. The third-order valence-electron chi connectivity index (χ3n) is 4.53. The van der Waals surface area contributed by atoms with Gasteiger partial charge >= 0.3 is 0 Å². The molecule has 0 saturated carbocycles. The Morgan fingerprint density at radius 3 is 2.60 bits per heavy atom. The first-order valence-corrected chi connectivity index (χ1v) is 9.04. The second-order valence-corrected chi connectivity index (χ2v) is 6.60. The summed E-state index contributed by atoms with van der Waals surface area (Å²) in [6.07, 6.45) is 2.89. The molecule has 0 spiro atoms. The molecular formula is C22H16F2N4O2. The zero-order valence-corrected chi connectivity index (χ0v) is 16.1. The minimum Gasteiger partial charge on any atom is -0.336 e. The van der Waals surface area contributed by atoms with Gasteiger partial charge in [0.2, 0.25) is 11.8 Å². The molecule has 30 heavy (non-hydrogen) atoms. The third-order valence-corrected chi connectivity index (χ3v) is 4.53. The van der Waals surface area contributed by atoms with Gasteiger partial charge in [0.05, 0.1) is 16.9 Å². The van der Waals surface area contributed by atoms with E-state index >= 15 is 0 Å². The van der Waals surface area contributed by atoms with E-state index in [0.717, 1.165) is 0 Å². The maximum absolute atomic E-state index is 13.8. The summed E-state index contributed by atoms with van der Waals surface area (Å²) < 4.78 is 33.2. The van der Waals surface area contributed by atoms with Gasteiger partial charge in [-0.25, -0.2) is 23.6 Å². The Kier molecular flexibility index (Phi) is 5.05. The molecule has 2 heterocycles. The van der Waals surface area contributed by atoms with Crippen LogP contribution in [0.5, 0.6) is 0 Å². The van der Waals surface area contributed by atoms with Gasteiger partial charge in [-0.1, -0.05) is 11.2 Å². The van der Waals surface area contributed by atoms with Crippen molar-refractivity contribution in [2.24, 2.45) is 0 Å². The molecule has 4 rings (SSSR count).